The third-order valence-electron chi connectivity index (χ3n) is 4.64. The minimum atomic E-state index is -2.90. The SMILES string of the molecule is CCNC(=NCc1ccc(OC)c(OC(F)F)c1)NC1CC2CCC1O2. The van der Waals surface area contributed by atoms with Crippen LogP contribution in [0.15, 0.2) is 23.2 Å². The normalized spacial score (nSPS) is 24.8. The number of alkyl halides is 2. The number of nitrogens with one attached hydrogen (secondary N) is 2. The second-order valence-corrected chi connectivity index (χ2v) is 6.42. The van der Waals surface area contributed by atoms with E-state index in [-0.39, 0.29) is 23.6 Å². The number of halogens is 2. The number of benzene rings is 1. The van der Waals surface area contributed by atoms with E-state index in [9.17, 15) is 8.78 Å². The molecule has 0 aliphatic carbocycles. The Morgan fingerprint density at radius 1 is 1.35 bits per heavy atom. The van der Waals surface area contributed by atoms with E-state index >= 15 is 0 Å². The van der Waals surface area contributed by atoms with Gasteiger partial charge in [-0.3, -0.25) is 0 Å². The van der Waals surface area contributed by atoms with Gasteiger partial charge in [0.2, 0.25) is 0 Å². The standard InChI is InChI=1S/C18H25F2N3O3/c1-3-21-18(23-13-9-12-5-7-14(13)25-12)22-10-11-4-6-15(24-2)16(8-11)26-17(19)20/h4,6,8,12-14,17H,3,5,7,9-10H2,1-2H3,(H2,21,22,23). The Kier molecular flexibility index (Phi) is 6.13. The summed E-state index contributed by atoms with van der Waals surface area (Å²) < 4.78 is 40.5. The van der Waals surface area contributed by atoms with Crippen molar-refractivity contribution in [2.75, 3.05) is 13.7 Å². The fourth-order valence-corrected chi connectivity index (χ4v) is 3.46. The van der Waals surface area contributed by atoms with E-state index in [1.807, 2.05) is 6.92 Å². The summed E-state index contributed by atoms with van der Waals surface area (Å²) in [5.41, 5.74) is 0.753. The highest BCUT2D eigenvalue weighted by molar-refractivity contribution is 5.80. The van der Waals surface area contributed by atoms with Gasteiger partial charge < -0.3 is 24.8 Å². The van der Waals surface area contributed by atoms with Crippen molar-refractivity contribution in [1.82, 2.24) is 10.6 Å². The molecule has 2 aliphatic heterocycles. The van der Waals surface area contributed by atoms with E-state index in [1.165, 1.54) is 13.2 Å². The van der Waals surface area contributed by atoms with Gasteiger partial charge in [0.25, 0.3) is 0 Å². The van der Waals surface area contributed by atoms with Crippen LogP contribution in [0, 0.1) is 0 Å². The summed E-state index contributed by atoms with van der Waals surface area (Å²) in [5.74, 6) is 0.970. The van der Waals surface area contributed by atoms with Crippen molar-refractivity contribution >= 4 is 5.96 Å². The van der Waals surface area contributed by atoms with E-state index in [1.54, 1.807) is 12.1 Å². The largest absolute Gasteiger partial charge is 0.493 e. The van der Waals surface area contributed by atoms with Crippen molar-refractivity contribution < 1.29 is 23.0 Å². The highest BCUT2D eigenvalue weighted by atomic mass is 19.3. The Hall–Kier alpha value is -2.09. The van der Waals surface area contributed by atoms with Crippen LogP contribution in [0.25, 0.3) is 0 Å². The van der Waals surface area contributed by atoms with Crippen LogP contribution < -0.4 is 20.1 Å². The second-order valence-electron chi connectivity index (χ2n) is 6.42. The molecule has 2 saturated heterocycles. The van der Waals surface area contributed by atoms with E-state index in [4.69, 9.17) is 9.47 Å². The molecular formula is C18H25F2N3O3. The number of ether oxygens (including phenoxy) is 3. The molecule has 8 heteroatoms. The van der Waals surface area contributed by atoms with Crippen LogP contribution in [0.1, 0.15) is 31.7 Å². The van der Waals surface area contributed by atoms with Gasteiger partial charge in [0.1, 0.15) is 0 Å². The molecule has 3 unspecified atom stereocenters. The maximum Gasteiger partial charge on any atom is 0.387 e. The number of fused-ring (bicyclic) bond motifs is 2. The summed E-state index contributed by atoms with van der Waals surface area (Å²) in [7, 11) is 1.41. The average Bonchev–Trinajstić information content (AvgIpc) is 3.22. The predicted molar refractivity (Wildman–Crippen MR) is 93.9 cm³/mol. The first-order valence-corrected chi connectivity index (χ1v) is 8.91. The minimum Gasteiger partial charge on any atom is -0.493 e. The third-order valence-corrected chi connectivity index (χ3v) is 4.64. The number of hydrogen-bond acceptors (Lipinski definition) is 4. The maximum atomic E-state index is 12.5. The average molecular weight is 369 g/mol. The van der Waals surface area contributed by atoms with Crippen LogP contribution in [0.5, 0.6) is 11.5 Å². The number of aliphatic imine (C=N–C) groups is 1. The monoisotopic (exact) mass is 369 g/mol. The van der Waals surface area contributed by atoms with E-state index < -0.39 is 6.61 Å². The lowest BCUT2D eigenvalue weighted by Gasteiger charge is -2.22. The highest BCUT2D eigenvalue weighted by Gasteiger charge is 2.41. The molecule has 0 radical (unpaired) electrons. The summed E-state index contributed by atoms with van der Waals surface area (Å²) in [6.45, 7) is 0.159. The number of guanidine groups is 1. The number of hydrogen-bond donors (Lipinski definition) is 2. The van der Waals surface area contributed by atoms with Gasteiger partial charge in [-0.05, 0) is 43.9 Å². The molecule has 2 aliphatic rings. The molecule has 3 atom stereocenters. The lowest BCUT2D eigenvalue weighted by Crippen LogP contribution is -2.47. The molecule has 0 amide bonds. The zero-order valence-corrected chi connectivity index (χ0v) is 15.0. The first-order chi connectivity index (χ1) is 12.6. The summed E-state index contributed by atoms with van der Waals surface area (Å²) in [6, 6.07) is 5.18. The first kappa shape index (κ1) is 18.7. The third kappa shape index (κ3) is 4.55. The molecule has 1 aromatic rings. The fraction of sp³-hybridized carbons (Fsp3) is 0.611. The van der Waals surface area contributed by atoms with Gasteiger partial charge in [-0.15, -0.1) is 0 Å². The zero-order valence-electron chi connectivity index (χ0n) is 15.0. The second kappa shape index (κ2) is 8.53. The molecule has 6 nitrogen and oxygen atoms in total. The molecule has 2 N–H and O–H groups in total. The van der Waals surface area contributed by atoms with Crippen molar-refractivity contribution in [3.63, 3.8) is 0 Å². The van der Waals surface area contributed by atoms with Gasteiger partial charge in [0.15, 0.2) is 17.5 Å². The van der Waals surface area contributed by atoms with E-state index in [0.717, 1.165) is 31.4 Å². The van der Waals surface area contributed by atoms with Gasteiger partial charge >= 0.3 is 6.61 Å². The van der Waals surface area contributed by atoms with Gasteiger partial charge in [-0.25, -0.2) is 4.99 Å². The van der Waals surface area contributed by atoms with Gasteiger partial charge in [-0.1, -0.05) is 6.07 Å². The van der Waals surface area contributed by atoms with Gasteiger partial charge in [0.05, 0.1) is 31.9 Å². The Labute approximate surface area is 151 Å². The Balaban J connectivity index is 1.66. The number of methoxy groups -OCH3 is 1. The quantitative estimate of drug-likeness (QED) is 0.572. The Bertz CT molecular complexity index is 642. The highest BCUT2D eigenvalue weighted by Crippen LogP contribution is 2.34. The maximum absolute atomic E-state index is 12.5. The molecule has 26 heavy (non-hydrogen) atoms. The molecule has 0 spiro atoms. The molecule has 0 saturated carbocycles. The van der Waals surface area contributed by atoms with Crippen molar-refractivity contribution in [1.29, 1.82) is 0 Å². The molecule has 144 valence electrons. The van der Waals surface area contributed by atoms with Crippen LogP contribution in [0.3, 0.4) is 0 Å². The summed E-state index contributed by atoms with van der Waals surface area (Å²) in [4.78, 5) is 4.56. The van der Waals surface area contributed by atoms with E-state index in [0.29, 0.717) is 18.6 Å². The molecule has 2 fully saturated rings. The van der Waals surface area contributed by atoms with Gasteiger partial charge in [0, 0.05) is 6.54 Å². The lowest BCUT2D eigenvalue weighted by atomic mass is 9.96. The molecule has 2 heterocycles. The summed E-state index contributed by atoms with van der Waals surface area (Å²) in [6.07, 6.45) is 3.81. The Morgan fingerprint density at radius 2 is 2.19 bits per heavy atom. The molecule has 0 aromatic heterocycles. The fourth-order valence-electron chi connectivity index (χ4n) is 3.46. The molecule has 2 bridgehead atoms. The number of rotatable bonds is 7. The van der Waals surface area contributed by atoms with Crippen molar-refractivity contribution in [3.05, 3.63) is 23.8 Å². The van der Waals surface area contributed by atoms with Gasteiger partial charge in [-0.2, -0.15) is 8.78 Å². The first-order valence-electron chi connectivity index (χ1n) is 8.91. The topological polar surface area (TPSA) is 64.1 Å². The smallest absolute Gasteiger partial charge is 0.387 e. The Morgan fingerprint density at radius 3 is 2.81 bits per heavy atom. The molecule has 3 rings (SSSR count). The van der Waals surface area contributed by atoms with E-state index in [2.05, 4.69) is 20.4 Å². The predicted octanol–water partition coefficient (Wildman–Crippen LogP) is 2.67. The van der Waals surface area contributed by atoms with Crippen LogP contribution in [0.4, 0.5) is 8.78 Å². The minimum absolute atomic E-state index is 0.00895. The zero-order chi connectivity index (χ0) is 18.5. The number of nitrogens with zero attached hydrogens (tertiary/aromatic N) is 1. The van der Waals surface area contributed by atoms with Crippen molar-refractivity contribution in [2.45, 2.75) is 57.6 Å². The molecule has 1 aromatic carbocycles. The van der Waals surface area contributed by atoms with Crippen LogP contribution in [-0.4, -0.2) is 44.5 Å². The van der Waals surface area contributed by atoms with Crippen LogP contribution in [0.2, 0.25) is 0 Å². The summed E-state index contributed by atoms with van der Waals surface area (Å²) in [5, 5.41) is 6.64. The lowest BCUT2D eigenvalue weighted by molar-refractivity contribution is -0.0512. The summed E-state index contributed by atoms with van der Waals surface area (Å²) >= 11 is 0. The molecular weight excluding hydrogens is 344 g/mol. The van der Waals surface area contributed by atoms with Crippen molar-refractivity contribution in [3.8, 4) is 11.5 Å². The van der Waals surface area contributed by atoms with Crippen LogP contribution >= 0.6 is 0 Å². The van der Waals surface area contributed by atoms with Crippen LogP contribution in [-0.2, 0) is 11.3 Å². The van der Waals surface area contributed by atoms with Crippen molar-refractivity contribution in [2.24, 2.45) is 4.99 Å².